The van der Waals surface area contributed by atoms with Crippen molar-refractivity contribution in [2.45, 2.75) is 49.3 Å². The first-order valence-electron chi connectivity index (χ1n) is 8.04. The molecule has 0 aromatic heterocycles. The quantitative estimate of drug-likeness (QED) is 0.799. The zero-order chi connectivity index (χ0) is 15.9. The highest BCUT2D eigenvalue weighted by Gasteiger charge is 2.23. The number of hydrogen-bond donors (Lipinski definition) is 1. The lowest BCUT2D eigenvalue weighted by Crippen LogP contribution is -2.46. The monoisotopic (exact) mass is 340 g/mol. The van der Waals surface area contributed by atoms with E-state index in [0.29, 0.717) is 11.1 Å². The Morgan fingerprint density at radius 2 is 2.09 bits per heavy atom. The minimum absolute atomic E-state index is 0.110. The SMILES string of the molecule is CCCN1CCC(NC(=O)[C@@H](C)Sc2ccccc2Cl)CC1. The van der Waals surface area contributed by atoms with Crippen molar-refractivity contribution in [2.75, 3.05) is 19.6 Å². The number of halogens is 1. The first-order valence-corrected chi connectivity index (χ1v) is 9.29. The number of nitrogens with one attached hydrogen (secondary N) is 1. The molecule has 3 nitrogen and oxygen atoms in total. The van der Waals surface area contributed by atoms with Crippen molar-refractivity contribution in [1.29, 1.82) is 0 Å². The lowest BCUT2D eigenvalue weighted by atomic mass is 10.0. The third-order valence-corrected chi connectivity index (χ3v) is 5.60. The van der Waals surface area contributed by atoms with Crippen LogP contribution in [0.5, 0.6) is 0 Å². The summed E-state index contributed by atoms with van der Waals surface area (Å²) in [6, 6.07) is 7.98. The lowest BCUT2D eigenvalue weighted by Gasteiger charge is -2.32. The predicted octanol–water partition coefficient (Wildman–Crippen LogP) is 3.81. The lowest BCUT2D eigenvalue weighted by molar-refractivity contribution is -0.121. The van der Waals surface area contributed by atoms with Crippen molar-refractivity contribution >= 4 is 29.3 Å². The van der Waals surface area contributed by atoms with Crippen molar-refractivity contribution in [3.8, 4) is 0 Å². The fourth-order valence-corrected chi connectivity index (χ4v) is 3.88. The molecule has 0 radical (unpaired) electrons. The molecule has 122 valence electrons. The smallest absolute Gasteiger partial charge is 0.233 e. The molecule has 0 bridgehead atoms. The van der Waals surface area contributed by atoms with Gasteiger partial charge in [-0.05, 0) is 44.9 Å². The van der Waals surface area contributed by atoms with Gasteiger partial charge in [-0.15, -0.1) is 11.8 Å². The summed E-state index contributed by atoms with van der Waals surface area (Å²) in [6.07, 6.45) is 3.30. The number of carbonyl (C=O) groups excluding carboxylic acids is 1. The molecule has 1 saturated heterocycles. The Morgan fingerprint density at radius 3 is 2.73 bits per heavy atom. The van der Waals surface area contributed by atoms with Crippen LogP contribution in [0, 0.1) is 0 Å². The first kappa shape index (κ1) is 17.6. The van der Waals surface area contributed by atoms with E-state index in [2.05, 4.69) is 17.1 Å². The molecule has 0 spiro atoms. The van der Waals surface area contributed by atoms with Crippen molar-refractivity contribution in [3.05, 3.63) is 29.3 Å². The highest BCUT2D eigenvalue weighted by atomic mass is 35.5. The topological polar surface area (TPSA) is 32.3 Å². The van der Waals surface area contributed by atoms with Crippen LogP contribution in [0.2, 0.25) is 5.02 Å². The number of amides is 1. The summed E-state index contributed by atoms with van der Waals surface area (Å²) in [4.78, 5) is 15.8. The second kappa shape index (κ2) is 8.80. The zero-order valence-corrected chi connectivity index (χ0v) is 14.9. The number of piperidine rings is 1. The molecule has 0 saturated carbocycles. The van der Waals surface area contributed by atoms with Crippen molar-refractivity contribution < 1.29 is 4.79 Å². The van der Waals surface area contributed by atoms with E-state index in [1.807, 2.05) is 31.2 Å². The van der Waals surface area contributed by atoms with Crippen molar-refractivity contribution in [3.63, 3.8) is 0 Å². The van der Waals surface area contributed by atoms with Gasteiger partial charge >= 0.3 is 0 Å². The summed E-state index contributed by atoms with van der Waals surface area (Å²) < 4.78 is 0. The summed E-state index contributed by atoms with van der Waals surface area (Å²) in [6.45, 7) is 7.49. The number of hydrogen-bond acceptors (Lipinski definition) is 3. The second-order valence-corrected chi connectivity index (χ2v) is 7.60. The minimum Gasteiger partial charge on any atom is -0.352 e. The Kier molecular flexibility index (Phi) is 7.06. The Hall–Kier alpha value is -0.710. The van der Waals surface area contributed by atoms with E-state index in [0.717, 1.165) is 30.8 Å². The van der Waals surface area contributed by atoms with E-state index in [-0.39, 0.29) is 11.2 Å². The number of likely N-dealkylation sites (tertiary alicyclic amines) is 1. The molecule has 1 aliphatic rings. The van der Waals surface area contributed by atoms with E-state index in [1.165, 1.54) is 24.7 Å². The van der Waals surface area contributed by atoms with Gasteiger partial charge in [0.1, 0.15) is 0 Å². The second-order valence-electron chi connectivity index (χ2n) is 5.82. The average Bonchev–Trinajstić information content (AvgIpc) is 2.51. The van der Waals surface area contributed by atoms with Gasteiger partial charge in [-0.1, -0.05) is 30.7 Å². The Morgan fingerprint density at radius 1 is 1.41 bits per heavy atom. The van der Waals surface area contributed by atoms with Gasteiger partial charge in [0.25, 0.3) is 0 Å². The number of thioether (sulfide) groups is 1. The normalized spacial score (nSPS) is 18.1. The molecule has 1 heterocycles. The van der Waals surface area contributed by atoms with E-state index in [4.69, 9.17) is 11.6 Å². The first-order chi connectivity index (χ1) is 10.6. The molecular formula is C17H25ClN2OS. The summed E-state index contributed by atoms with van der Waals surface area (Å²) in [5, 5.41) is 3.77. The molecule has 1 aliphatic heterocycles. The van der Waals surface area contributed by atoms with Gasteiger partial charge in [-0.3, -0.25) is 4.79 Å². The van der Waals surface area contributed by atoms with Crippen LogP contribution in [0.25, 0.3) is 0 Å². The summed E-state index contributed by atoms with van der Waals surface area (Å²) in [5.74, 6) is 0.110. The number of benzene rings is 1. The van der Waals surface area contributed by atoms with Crippen LogP contribution in [0.4, 0.5) is 0 Å². The van der Waals surface area contributed by atoms with E-state index in [1.54, 1.807) is 0 Å². The highest BCUT2D eigenvalue weighted by Crippen LogP contribution is 2.30. The van der Waals surface area contributed by atoms with Gasteiger partial charge in [0, 0.05) is 24.0 Å². The number of carbonyl (C=O) groups is 1. The zero-order valence-electron chi connectivity index (χ0n) is 13.3. The third kappa shape index (κ3) is 5.18. The van der Waals surface area contributed by atoms with Crippen LogP contribution in [0.1, 0.15) is 33.1 Å². The van der Waals surface area contributed by atoms with Crippen LogP contribution in [0.3, 0.4) is 0 Å². The van der Waals surface area contributed by atoms with Gasteiger partial charge < -0.3 is 10.2 Å². The van der Waals surface area contributed by atoms with Gasteiger partial charge in [0.2, 0.25) is 5.91 Å². The van der Waals surface area contributed by atoms with Crippen LogP contribution in [0.15, 0.2) is 29.2 Å². The molecule has 1 amide bonds. The highest BCUT2D eigenvalue weighted by molar-refractivity contribution is 8.00. The Labute approximate surface area is 142 Å². The van der Waals surface area contributed by atoms with Crippen LogP contribution in [-0.4, -0.2) is 41.7 Å². The fraction of sp³-hybridized carbons (Fsp3) is 0.588. The Balaban J connectivity index is 1.79. The predicted molar refractivity (Wildman–Crippen MR) is 94.7 cm³/mol. The summed E-state index contributed by atoms with van der Waals surface area (Å²) in [7, 11) is 0. The minimum atomic E-state index is -0.131. The fourth-order valence-electron chi connectivity index (χ4n) is 2.72. The van der Waals surface area contributed by atoms with Gasteiger partial charge in [0.05, 0.1) is 10.3 Å². The largest absolute Gasteiger partial charge is 0.352 e. The number of rotatable bonds is 6. The van der Waals surface area contributed by atoms with Gasteiger partial charge in [-0.2, -0.15) is 0 Å². The molecule has 22 heavy (non-hydrogen) atoms. The van der Waals surface area contributed by atoms with Gasteiger partial charge in [0.15, 0.2) is 0 Å². The molecule has 5 heteroatoms. The number of nitrogens with zero attached hydrogens (tertiary/aromatic N) is 1. The molecule has 0 aliphatic carbocycles. The summed E-state index contributed by atoms with van der Waals surface area (Å²) in [5.41, 5.74) is 0. The third-order valence-electron chi connectivity index (χ3n) is 3.98. The Bertz CT molecular complexity index is 489. The van der Waals surface area contributed by atoms with Gasteiger partial charge in [-0.25, -0.2) is 0 Å². The van der Waals surface area contributed by atoms with Crippen molar-refractivity contribution in [1.82, 2.24) is 10.2 Å². The molecule has 1 aromatic rings. The van der Waals surface area contributed by atoms with Crippen LogP contribution in [-0.2, 0) is 4.79 Å². The molecule has 1 N–H and O–H groups in total. The van der Waals surface area contributed by atoms with E-state index in [9.17, 15) is 4.79 Å². The standard InChI is InChI=1S/C17H25ClN2OS/c1-3-10-20-11-8-14(9-12-20)19-17(21)13(2)22-16-7-5-4-6-15(16)18/h4-7,13-14H,3,8-12H2,1-2H3,(H,19,21)/t13-/m1/s1. The molecule has 0 unspecified atom stereocenters. The maximum absolute atomic E-state index is 12.3. The molecule has 1 atom stereocenters. The average molecular weight is 341 g/mol. The maximum Gasteiger partial charge on any atom is 0.233 e. The molecule has 1 aromatic carbocycles. The summed E-state index contributed by atoms with van der Waals surface area (Å²) >= 11 is 7.67. The molecular weight excluding hydrogens is 316 g/mol. The van der Waals surface area contributed by atoms with Crippen molar-refractivity contribution in [2.24, 2.45) is 0 Å². The van der Waals surface area contributed by atoms with E-state index < -0.39 is 0 Å². The van der Waals surface area contributed by atoms with Crippen LogP contribution < -0.4 is 5.32 Å². The van der Waals surface area contributed by atoms with Crippen LogP contribution >= 0.6 is 23.4 Å². The molecule has 2 rings (SSSR count). The van der Waals surface area contributed by atoms with E-state index >= 15 is 0 Å². The molecule has 1 fully saturated rings. The maximum atomic E-state index is 12.3.